The number of carbonyl (C=O) groups is 1. The van der Waals surface area contributed by atoms with Gasteiger partial charge in [0, 0.05) is 11.6 Å². The van der Waals surface area contributed by atoms with Crippen molar-refractivity contribution in [3.8, 4) is 5.75 Å². The Labute approximate surface area is 148 Å². The Morgan fingerprint density at radius 3 is 2.83 bits per heavy atom. The van der Waals surface area contributed by atoms with E-state index in [-0.39, 0.29) is 5.91 Å². The van der Waals surface area contributed by atoms with Crippen LogP contribution in [0.1, 0.15) is 5.56 Å². The Morgan fingerprint density at radius 1 is 1.29 bits per heavy atom. The molecule has 1 amide bonds. The van der Waals surface area contributed by atoms with Gasteiger partial charge in [-0.15, -0.1) is 0 Å². The Kier molecular flexibility index (Phi) is 5.27. The van der Waals surface area contributed by atoms with E-state index < -0.39 is 0 Å². The van der Waals surface area contributed by atoms with Crippen LogP contribution in [0.15, 0.2) is 47.6 Å². The molecule has 3 aromatic rings. The Hall–Kier alpha value is -2.18. The number of thioether (sulfide) groups is 1. The lowest BCUT2D eigenvalue weighted by atomic mass is 10.2. The predicted molar refractivity (Wildman–Crippen MR) is 96.7 cm³/mol. The number of carbonyl (C=O) groups excluding carboxylic acids is 1. The van der Waals surface area contributed by atoms with Crippen LogP contribution >= 0.6 is 23.4 Å². The minimum Gasteiger partial charge on any atom is -0.497 e. The van der Waals surface area contributed by atoms with E-state index in [2.05, 4.69) is 15.3 Å². The van der Waals surface area contributed by atoms with Gasteiger partial charge in [-0.3, -0.25) is 4.79 Å². The van der Waals surface area contributed by atoms with Crippen LogP contribution in [0, 0.1) is 0 Å². The first-order valence-corrected chi connectivity index (χ1v) is 8.68. The summed E-state index contributed by atoms with van der Waals surface area (Å²) in [5.74, 6) is 1.05. The smallest absolute Gasteiger partial charge is 0.230 e. The Bertz CT molecular complexity index is 849. The van der Waals surface area contributed by atoms with Crippen molar-refractivity contribution in [1.82, 2.24) is 15.3 Å². The number of H-pyrrole nitrogens is 1. The van der Waals surface area contributed by atoms with E-state index in [1.807, 2.05) is 36.4 Å². The summed E-state index contributed by atoms with van der Waals surface area (Å²) in [6.45, 7) is 0.485. The van der Waals surface area contributed by atoms with Gasteiger partial charge in [-0.1, -0.05) is 35.5 Å². The first kappa shape index (κ1) is 16.7. The second-order valence-corrected chi connectivity index (χ2v) is 6.52. The summed E-state index contributed by atoms with van der Waals surface area (Å²) < 4.78 is 5.11. The molecule has 1 heterocycles. The van der Waals surface area contributed by atoms with Gasteiger partial charge in [0.25, 0.3) is 0 Å². The molecular formula is C17H16ClN3O2S. The third-order valence-corrected chi connectivity index (χ3v) is 4.52. The fourth-order valence-electron chi connectivity index (χ4n) is 2.16. The molecule has 24 heavy (non-hydrogen) atoms. The van der Waals surface area contributed by atoms with Crippen LogP contribution in [0.2, 0.25) is 5.02 Å². The van der Waals surface area contributed by atoms with Gasteiger partial charge in [0.1, 0.15) is 5.75 Å². The van der Waals surface area contributed by atoms with Gasteiger partial charge >= 0.3 is 0 Å². The monoisotopic (exact) mass is 361 g/mol. The summed E-state index contributed by atoms with van der Waals surface area (Å²) in [7, 11) is 1.63. The first-order chi connectivity index (χ1) is 11.6. The normalized spacial score (nSPS) is 10.8. The van der Waals surface area contributed by atoms with Crippen LogP contribution < -0.4 is 10.1 Å². The minimum absolute atomic E-state index is 0.0469. The number of rotatable bonds is 6. The number of nitrogens with zero attached hydrogens (tertiary/aromatic N) is 1. The Morgan fingerprint density at radius 2 is 2.08 bits per heavy atom. The average molecular weight is 362 g/mol. The fourth-order valence-corrected chi connectivity index (χ4v) is 3.04. The lowest BCUT2D eigenvalue weighted by Gasteiger charge is -2.05. The van der Waals surface area contributed by atoms with Crippen molar-refractivity contribution in [2.75, 3.05) is 12.9 Å². The van der Waals surface area contributed by atoms with Crippen molar-refractivity contribution in [2.24, 2.45) is 0 Å². The molecule has 0 spiro atoms. The van der Waals surface area contributed by atoms with Gasteiger partial charge in [0.2, 0.25) is 5.91 Å². The highest BCUT2D eigenvalue weighted by Crippen LogP contribution is 2.22. The van der Waals surface area contributed by atoms with E-state index in [0.717, 1.165) is 22.3 Å². The predicted octanol–water partition coefficient (Wildman–Crippen LogP) is 3.63. The number of aromatic amines is 1. The summed E-state index contributed by atoms with van der Waals surface area (Å²) in [6, 6.07) is 13.1. The van der Waals surface area contributed by atoms with Crippen molar-refractivity contribution >= 4 is 40.3 Å². The molecule has 0 saturated heterocycles. The van der Waals surface area contributed by atoms with E-state index in [1.165, 1.54) is 11.8 Å². The molecule has 0 bridgehead atoms. The number of nitrogens with one attached hydrogen (secondary N) is 2. The van der Waals surface area contributed by atoms with Crippen LogP contribution in [0.25, 0.3) is 11.0 Å². The molecule has 2 aromatic carbocycles. The topological polar surface area (TPSA) is 67.0 Å². The zero-order chi connectivity index (χ0) is 16.9. The number of hydrogen-bond acceptors (Lipinski definition) is 4. The van der Waals surface area contributed by atoms with Gasteiger partial charge in [-0.25, -0.2) is 4.98 Å². The van der Waals surface area contributed by atoms with Crippen molar-refractivity contribution in [2.45, 2.75) is 11.7 Å². The van der Waals surface area contributed by atoms with E-state index in [1.54, 1.807) is 13.2 Å². The number of methoxy groups -OCH3 is 1. The quantitative estimate of drug-likeness (QED) is 0.658. The first-order valence-electron chi connectivity index (χ1n) is 7.32. The molecule has 0 fully saturated rings. The molecule has 0 aliphatic heterocycles. The molecule has 0 radical (unpaired) electrons. The van der Waals surface area contributed by atoms with E-state index in [9.17, 15) is 4.79 Å². The lowest BCUT2D eigenvalue weighted by molar-refractivity contribution is -0.118. The van der Waals surface area contributed by atoms with Crippen LogP contribution in [0.5, 0.6) is 5.75 Å². The van der Waals surface area contributed by atoms with Crippen molar-refractivity contribution in [1.29, 1.82) is 0 Å². The maximum absolute atomic E-state index is 12.0. The Balaban J connectivity index is 1.50. The van der Waals surface area contributed by atoms with Crippen LogP contribution in [-0.4, -0.2) is 28.7 Å². The highest BCUT2D eigenvalue weighted by molar-refractivity contribution is 7.99. The maximum atomic E-state index is 12.0. The SMILES string of the molecule is COc1ccc(CNC(=O)CSc2nc3ccc(Cl)cc3[nH]2)cc1. The van der Waals surface area contributed by atoms with Gasteiger partial charge in [0.15, 0.2) is 5.16 Å². The van der Waals surface area contributed by atoms with Crippen molar-refractivity contribution in [3.63, 3.8) is 0 Å². The molecule has 0 atom stereocenters. The zero-order valence-electron chi connectivity index (χ0n) is 13.0. The zero-order valence-corrected chi connectivity index (χ0v) is 14.6. The second-order valence-electron chi connectivity index (χ2n) is 5.12. The second kappa shape index (κ2) is 7.59. The lowest BCUT2D eigenvalue weighted by Crippen LogP contribution is -2.24. The van der Waals surface area contributed by atoms with Gasteiger partial charge in [-0.05, 0) is 35.9 Å². The molecular weight excluding hydrogens is 346 g/mol. The largest absolute Gasteiger partial charge is 0.497 e. The maximum Gasteiger partial charge on any atom is 0.230 e. The summed E-state index contributed by atoms with van der Waals surface area (Å²) in [6.07, 6.45) is 0. The highest BCUT2D eigenvalue weighted by atomic mass is 35.5. The van der Waals surface area contributed by atoms with Crippen LogP contribution in [0.3, 0.4) is 0 Å². The highest BCUT2D eigenvalue weighted by Gasteiger charge is 2.07. The number of benzene rings is 2. The number of hydrogen-bond donors (Lipinski definition) is 2. The number of imidazole rings is 1. The van der Waals surface area contributed by atoms with Gasteiger partial charge in [-0.2, -0.15) is 0 Å². The van der Waals surface area contributed by atoms with Gasteiger partial charge in [0.05, 0.1) is 23.9 Å². The van der Waals surface area contributed by atoms with Crippen molar-refractivity contribution in [3.05, 3.63) is 53.1 Å². The van der Waals surface area contributed by atoms with Crippen LogP contribution in [0.4, 0.5) is 0 Å². The number of fused-ring (bicyclic) bond motifs is 1. The molecule has 0 unspecified atom stereocenters. The molecule has 3 rings (SSSR count). The number of amides is 1. The van der Waals surface area contributed by atoms with Crippen molar-refractivity contribution < 1.29 is 9.53 Å². The molecule has 1 aromatic heterocycles. The van der Waals surface area contributed by atoms with Crippen LogP contribution in [-0.2, 0) is 11.3 Å². The summed E-state index contributed by atoms with van der Waals surface area (Å²) in [5.41, 5.74) is 2.72. The van der Waals surface area contributed by atoms with E-state index >= 15 is 0 Å². The molecule has 124 valence electrons. The minimum atomic E-state index is -0.0469. The van der Waals surface area contributed by atoms with Gasteiger partial charge < -0.3 is 15.0 Å². The molecule has 7 heteroatoms. The van der Waals surface area contributed by atoms with E-state index in [4.69, 9.17) is 16.3 Å². The fraction of sp³-hybridized carbons (Fsp3) is 0.176. The summed E-state index contributed by atoms with van der Waals surface area (Å²) >= 11 is 7.31. The van der Waals surface area contributed by atoms with E-state index in [0.29, 0.717) is 22.5 Å². The third-order valence-electron chi connectivity index (χ3n) is 3.41. The molecule has 5 nitrogen and oxygen atoms in total. The molecule has 0 aliphatic rings. The molecule has 0 saturated carbocycles. The summed E-state index contributed by atoms with van der Waals surface area (Å²) in [5, 5.41) is 4.24. The molecule has 0 aliphatic carbocycles. The average Bonchev–Trinajstić information content (AvgIpc) is 3.00. The molecule has 2 N–H and O–H groups in total. The summed E-state index contributed by atoms with van der Waals surface area (Å²) in [4.78, 5) is 19.5. The standard InChI is InChI=1S/C17H16ClN3O2S/c1-23-13-5-2-11(3-6-13)9-19-16(22)10-24-17-20-14-7-4-12(18)8-15(14)21-17/h2-8H,9-10H2,1H3,(H,19,22)(H,20,21). The number of aromatic nitrogens is 2. The number of ether oxygens (including phenoxy) is 1. The number of halogens is 1. The third kappa shape index (κ3) is 4.21.